The van der Waals surface area contributed by atoms with Crippen LogP contribution in [0.25, 0.3) is 11.2 Å². The number of primary amides is 1. The molecule has 2 fully saturated rings. The van der Waals surface area contributed by atoms with Crippen molar-refractivity contribution in [1.29, 1.82) is 5.26 Å². The minimum Gasteiger partial charge on any atom is -0.393 e. The summed E-state index contributed by atoms with van der Waals surface area (Å²) in [6.45, 7) is 1.91. The van der Waals surface area contributed by atoms with E-state index in [9.17, 15) is 15.2 Å². The fourth-order valence-electron chi connectivity index (χ4n) is 5.49. The van der Waals surface area contributed by atoms with E-state index in [0.29, 0.717) is 76.5 Å². The summed E-state index contributed by atoms with van der Waals surface area (Å²) in [6, 6.07) is 5.22. The van der Waals surface area contributed by atoms with E-state index in [4.69, 9.17) is 38.9 Å². The lowest BCUT2D eigenvalue weighted by Crippen LogP contribution is -2.38. The number of nitriles is 1. The number of aromatic nitrogens is 4. The second-order valence-electron chi connectivity index (χ2n) is 10.6. The highest BCUT2D eigenvalue weighted by Gasteiger charge is 2.38. The number of anilines is 3. The van der Waals surface area contributed by atoms with E-state index in [1.165, 1.54) is 0 Å². The molecule has 12 heteroatoms. The quantitative estimate of drug-likeness (QED) is 0.328. The molecule has 1 aromatic carbocycles. The first-order chi connectivity index (χ1) is 18.2. The molecule has 200 valence electrons. The number of rotatable bonds is 6. The Hall–Kier alpha value is -3.13. The number of nitrogens with two attached hydrogens (primary N) is 1. The van der Waals surface area contributed by atoms with E-state index < -0.39 is 5.41 Å². The molecule has 5 rings (SSSR count). The van der Waals surface area contributed by atoms with Gasteiger partial charge < -0.3 is 21.5 Å². The molecule has 2 aliphatic rings. The molecule has 0 saturated heterocycles. The highest BCUT2D eigenvalue weighted by atomic mass is 35.5. The number of fused-ring (bicyclic) bond motifs is 1. The Kier molecular flexibility index (Phi) is 7.36. The molecule has 2 atom stereocenters. The smallest absolute Gasteiger partial charge is 0.224 e. The third kappa shape index (κ3) is 5.23. The van der Waals surface area contributed by atoms with Gasteiger partial charge in [0.1, 0.15) is 5.52 Å². The number of imidazole rings is 1. The lowest BCUT2D eigenvalue weighted by atomic mass is 9.73. The number of nitrogens with zero attached hydrogens (tertiary/aromatic N) is 5. The van der Waals surface area contributed by atoms with Crippen molar-refractivity contribution in [1.82, 2.24) is 19.5 Å². The lowest BCUT2D eigenvalue weighted by Gasteiger charge is -2.35. The molecule has 0 radical (unpaired) electrons. The molecule has 1 amide bonds. The summed E-state index contributed by atoms with van der Waals surface area (Å²) in [4.78, 5) is 26.1. The Morgan fingerprint density at radius 3 is 2.55 bits per heavy atom. The minimum absolute atomic E-state index is 0.00916. The monoisotopic (exact) mass is 556 g/mol. The average molecular weight is 557 g/mol. The van der Waals surface area contributed by atoms with E-state index >= 15 is 0 Å². The molecule has 38 heavy (non-hydrogen) atoms. The number of carbonyl (C=O) groups excluding carboxylic acids is 1. The summed E-state index contributed by atoms with van der Waals surface area (Å²) >= 11 is 12.9. The summed E-state index contributed by atoms with van der Waals surface area (Å²) < 4.78 is 2.02. The largest absolute Gasteiger partial charge is 0.393 e. The van der Waals surface area contributed by atoms with Gasteiger partial charge in [-0.25, -0.2) is 9.97 Å². The first kappa shape index (κ1) is 26.5. The molecule has 0 spiro atoms. The van der Waals surface area contributed by atoms with Crippen LogP contribution in [0, 0.1) is 16.7 Å². The molecular formula is C26H30Cl2N8O2. The van der Waals surface area contributed by atoms with Crippen LogP contribution in [0.4, 0.5) is 17.6 Å². The molecule has 1 unspecified atom stereocenters. The topological polar surface area (TPSA) is 155 Å². The number of halogens is 2. The summed E-state index contributed by atoms with van der Waals surface area (Å²) in [5, 5.41) is 26.5. The number of aliphatic hydroxyl groups is 1. The van der Waals surface area contributed by atoms with Crippen LogP contribution in [0.3, 0.4) is 0 Å². The number of benzene rings is 1. The zero-order valence-corrected chi connectivity index (χ0v) is 22.6. The van der Waals surface area contributed by atoms with E-state index in [1.807, 2.05) is 17.6 Å². The van der Waals surface area contributed by atoms with E-state index in [-0.39, 0.29) is 24.1 Å². The average Bonchev–Trinajstić information content (AvgIpc) is 3.23. The predicted octanol–water partition coefficient (Wildman–Crippen LogP) is 5.07. The maximum absolute atomic E-state index is 12.1. The van der Waals surface area contributed by atoms with Crippen molar-refractivity contribution in [3.05, 3.63) is 33.9 Å². The van der Waals surface area contributed by atoms with Crippen molar-refractivity contribution in [3.8, 4) is 6.07 Å². The maximum atomic E-state index is 12.1. The first-order valence-corrected chi connectivity index (χ1v) is 13.6. The predicted molar refractivity (Wildman–Crippen MR) is 146 cm³/mol. The molecule has 0 bridgehead atoms. The number of hydrogen-bond acceptors (Lipinski definition) is 8. The Bertz CT molecular complexity index is 1390. The molecule has 2 aromatic heterocycles. The van der Waals surface area contributed by atoms with Gasteiger partial charge in [-0.1, -0.05) is 30.1 Å². The Balaban J connectivity index is 1.53. The van der Waals surface area contributed by atoms with Gasteiger partial charge in [-0.15, -0.1) is 0 Å². The molecular weight excluding hydrogens is 527 g/mol. The highest BCUT2D eigenvalue weighted by molar-refractivity contribution is 6.39. The first-order valence-electron chi connectivity index (χ1n) is 12.8. The molecule has 0 aliphatic heterocycles. The molecule has 5 N–H and O–H groups in total. The third-order valence-electron chi connectivity index (χ3n) is 7.84. The van der Waals surface area contributed by atoms with Crippen LogP contribution in [-0.2, 0) is 4.79 Å². The van der Waals surface area contributed by atoms with Crippen LogP contribution in [-0.4, -0.2) is 42.7 Å². The van der Waals surface area contributed by atoms with E-state index in [1.54, 1.807) is 18.3 Å². The summed E-state index contributed by atoms with van der Waals surface area (Å²) in [7, 11) is 0. The van der Waals surface area contributed by atoms with Gasteiger partial charge in [0.15, 0.2) is 5.65 Å². The van der Waals surface area contributed by atoms with Crippen LogP contribution >= 0.6 is 23.2 Å². The van der Waals surface area contributed by atoms with E-state index in [2.05, 4.69) is 15.6 Å². The van der Waals surface area contributed by atoms with Crippen molar-refractivity contribution >= 4 is 57.9 Å². The van der Waals surface area contributed by atoms with E-state index in [0.717, 1.165) is 19.3 Å². The summed E-state index contributed by atoms with van der Waals surface area (Å²) in [5.41, 5.74) is 7.15. The van der Waals surface area contributed by atoms with Gasteiger partial charge in [-0.05, 0) is 63.5 Å². The zero-order chi connectivity index (χ0) is 27.0. The van der Waals surface area contributed by atoms with Gasteiger partial charge in [0.25, 0.3) is 0 Å². The molecule has 3 aromatic rings. The number of amides is 1. The van der Waals surface area contributed by atoms with Gasteiger partial charge in [-0.3, -0.25) is 9.36 Å². The van der Waals surface area contributed by atoms with Crippen molar-refractivity contribution in [2.24, 2.45) is 11.1 Å². The maximum Gasteiger partial charge on any atom is 0.224 e. The van der Waals surface area contributed by atoms with Crippen LogP contribution < -0.4 is 16.4 Å². The van der Waals surface area contributed by atoms with Crippen LogP contribution in [0.1, 0.15) is 69.9 Å². The minimum atomic E-state index is -0.552. The second kappa shape index (κ2) is 10.6. The Morgan fingerprint density at radius 1 is 1.21 bits per heavy atom. The molecule has 10 nitrogen and oxygen atoms in total. The Morgan fingerprint density at radius 2 is 1.92 bits per heavy atom. The number of nitrogens with one attached hydrogen (secondary N) is 2. The van der Waals surface area contributed by atoms with Gasteiger partial charge in [-0.2, -0.15) is 10.2 Å². The zero-order valence-electron chi connectivity index (χ0n) is 21.0. The molecule has 2 aliphatic carbocycles. The standard InChI is InChI=1S/C26H30Cl2N8O2/c1-26(23(30)38)7-5-16(6-8-26)36-22-20(13-31-24(35-22)32-15-3-2-4-17(37)11-15)33-25(36)34-21-18(27)9-14(12-29)10-19(21)28/h9-10,13,15-17,37H,2-8,11H2,1H3,(H2,30,38)(H,33,34)(H,31,32,35)/t15?,16?,17-,26?/m1/s1. The second-order valence-corrected chi connectivity index (χ2v) is 11.4. The van der Waals surface area contributed by atoms with Crippen molar-refractivity contribution in [3.63, 3.8) is 0 Å². The van der Waals surface area contributed by atoms with Gasteiger partial charge >= 0.3 is 0 Å². The van der Waals surface area contributed by atoms with Gasteiger partial charge in [0, 0.05) is 17.5 Å². The van der Waals surface area contributed by atoms with Crippen molar-refractivity contribution < 1.29 is 9.90 Å². The highest BCUT2D eigenvalue weighted by Crippen LogP contribution is 2.43. The fraction of sp³-hybridized carbons (Fsp3) is 0.500. The number of aliphatic hydroxyl groups excluding tert-OH is 1. The SMILES string of the molecule is CC1(C(N)=O)CCC(n2c(Nc3c(Cl)cc(C#N)cc3Cl)nc3cnc(NC4CCC[C@@H](O)C4)nc32)CC1. The third-order valence-corrected chi connectivity index (χ3v) is 8.44. The Labute approximate surface area is 230 Å². The summed E-state index contributed by atoms with van der Waals surface area (Å²) in [6.07, 6.45) is 7.38. The van der Waals surface area contributed by atoms with Crippen molar-refractivity contribution in [2.45, 2.75) is 76.5 Å². The van der Waals surface area contributed by atoms with Crippen LogP contribution in [0.15, 0.2) is 18.3 Å². The lowest BCUT2D eigenvalue weighted by molar-refractivity contribution is -0.128. The number of hydrogen-bond donors (Lipinski definition) is 4. The van der Waals surface area contributed by atoms with Gasteiger partial charge in [0.2, 0.25) is 17.8 Å². The number of carbonyl (C=O) groups is 1. The van der Waals surface area contributed by atoms with Crippen molar-refractivity contribution in [2.75, 3.05) is 10.6 Å². The van der Waals surface area contributed by atoms with Gasteiger partial charge in [0.05, 0.1) is 39.7 Å². The normalized spacial score (nSPS) is 25.6. The molecule has 2 saturated carbocycles. The van der Waals surface area contributed by atoms with Crippen LogP contribution in [0.2, 0.25) is 10.0 Å². The fourth-order valence-corrected chi connectivity index (χ4v) is 6.07. The molecule has 2 heterocycles. The summed E-state index contributed by atoms with van der Waals surface area (Å²) in [5.74, 6) is 0.668. The van der Waals surface area contributed by atoms with Crippen LogP contribution in [0.5, 0.6) is 0 Å².